The van der Waals surface area contributed by atoms with E-state index in [1.54, 1.807) is 6.07 Å². The SMILES string of the molecule is O=C(Cn1cnc2c(oc3ccccc32)c1=O)OCC1CCCCO1. The van der Waals surface area contributed by atoms with E-state index in [9.17, 15) is 9.59 Å². The fraction of sp³-hybridized carbons (Fsp3) is 0.389. The molecule has 1 fully saturated rings. The molecule has 0 aliphatic carbocycles. The Hall–Kier alpha value is -2.67. The zero-order valence-corrected chi connectivity index (χ0v) is 13.6. The van der Waals surface area contributed by atoms with Gasteiger partial charge in [-0.3, -0.25) is 14.2 Å². The second kappa shape index (κ2) is 6.68. The molecule has 3 aromatic rings. The van der Waals surface area contributed by atoms with Gasteiger partial charge in [-0.25, -0.2) is 4.98 Å². The summed E-state index contributed by atoms with van der Waals surface area (Å²) in [5.41, 5.74) is 0.844. The maximum Gasteiger partial charge on any atom is 0.326 e. The molecule has 2 aromatic heterocycles. The molecule has 1 saturated heterocycles. The van der Waals surface area contributed by atoms with Gasteiger partial charge in [0.15, 0.2) is 0 Å². The molecule has 3 heterocycles. The zero-order chi connectivity index (χ0) is 17.2. The summed E-state index contributed by atoms with van der Waals surface area (Å²) < 4.78 is 17.5. The van der Waals surface area contributed by atoms with Crippen LogP contribution in [0.1, 0.15) is 19.3 Å². The molecule has 1 aromatic carbocycles. The fourth-order valence-corrected chi connectivity index (χ4v) is 3.04. The van der Waals surface area contributed by atoms with E-state index >= 15 is 0 Å². The lowest BCUT2D eigenvalue weighted by Crippen LogP contribution is -2.29. The van der Waals surface area contributed by atoms with Crippen molar-refractivity contribution in [1.82, 2.24) is 9.55 Å². The molecule has 4 rings (SSSR count). The van der Waals surface area contributed by atoms with Crippen LogP contribution in [-0.4, -0.2) is 34.8 Å². The summed E-state index contributed by atoms with van der Waals surface area (Å²) in [6.07, 6.45) is 4.31. The highest BCUT2D eigenvalue weighted by atomic mass is 16.6. The van der Waals surface area contributed by atoms with E-state index in [1.165, 1.54) is 10.9 Å². The number of ether oxygens (including phenoxy) is 2. The van der Waals surface area contributed by atoms with Crippen molar-refractivity contribution in [2.75, 3.05) is 13.2 Å². The lowest BCUT2D eigenvalue weighted by atomic mass is 10.1. The van der Waals surface area contributed by atoms with Crippen molar-refractivity contribution in [2.24, 2.45) is 0 Å². The number of carbonyl (C=O) groups is 1. The van der Waals surface area contributed by atoms with Crippen LogP contribution >= 0.6 is 0 Å². The van der Waals surface area contributed by atoms with Crippen LogP contribution < -0.4 is 5.56 Å². The number of rotatable bonds is 4. The summed E-state index contributed by atoms with van der Waals surface area (Å²) in [7, 11) is 0. The highest BCUT2D eigenvalue weighted by Crippen LogP contribution is 2.24. The molecule has 0 radical (unpaired) electrons. The van der Waals surface area contributed by atoms with Gasteiger partial charge in [0, 0.05) is 12.0 Å². The van der Waals surface area contributed by atoms with E-state index < -0.39 is 11.5 Å². The number of fused-ring (bicyclic) bond motifs is 3. The van der Waals surface area contributed by atoms with Crippen molar-refractivity contribution in [2.45, 2.75) is 31.9 Å². The molecule has 1 atom stereocenters. The van der Waals surface area contributed by atoms with Crippen molar-refractivity contribution >= 4 is 28.0 Å². The van der Waals surface area contributed by atoms with Gasteiger partial charge in [-0.05, 0) is 31.4 Å². The van der Waals surface area contributed by atoms with Crippen LogP contribution in [0.15, 0.2) is 39.8 Å². The van der Waals surface area contributed by atoms with E-state index in [-0.39, 0.29) is 24.8 Å². The predicted octanol–water partition coefficient (Wildman–Crippen LogP) is 2.25. The average molecular weight is 342 g/mol. The van der Waals surface area contributed by atoms with E-state index in [4.69, 9.17) is 13.9 Å². The molecule has 0 saturated carbocycles. The Morgan fingerprint density at radius 3 is 3.04 bits per heavy atom. The number of nitrogens with zero attached hydrogens (tertiary/aromatic N) is 2. The molecule has 25 heavy (non-hydrogen) atoms. The maximum atomic E-state index is 12.5. The van der Waals surface area contributed by atoms with E-state index in [0.29, 0.717) is 17.7 Å². The molecule has 0 amide bonds. The van der Waals surface area contributed by atoms with Crippen LogP contribution in [0.25, 0.3) is 22.1 Å². The van der Waals surface area contributed by atoms with Gasteiger partial charge in [-0.15, -0.1) is 0 Å². The lowest BCUT2D eigenvalue weighted by Gasteiger charge is -2.22. The van der Waals surface area contributed by atoms with Crippen molar-refractivity contribution in [1.29, 1.82) is 0 Å². The van der Waals surface area contributed by atoms with Crippen molar-refractivity contribution in [3.8, 4) is 0 Å². The summed E-state index contributed by atoms with van der Waals surface area (Å²) in [6, 6.07) is 7.30. The number of esters is 1. The second-order valence-electron chi connectivity index (χ2n) is 6.13. The Balaban J connectivity index is 1.51. The third kappa shape index (κ3) is 3.15. The molecular weight excluding hydrogens is 324 g/mol. The van der Waals surface area contributed by atoms with Crippen molar-refractivity contribution in [3.05, 3.63) is 40.9 Å². The molecule has 0 spiro atoms. The summed E-state index contributed by atoms with van der Waals surface area (Å²) in [5.74, 6) is -0.492. The Bertz CT molecular complexity index is 968. The first kappa shape index (κ1) is 15.8. The van der Waals surface area contributed by atoms with Crippen molar-refractivity contribution < 1.29 is 18.7 Å². The molecule has 1 aliphatic rings. The van der Waals surface area contributed by atoms with Gasteiger partial charge in [-0.1, -0.05) is 12.1 Å². The Kier molecular flexibility index (Phi) is 4.23. The monoisotopic (exact) mass is 342 g/mol. The largest absolute Gasteiger partial charge is 0.462 e. The van der Waals surface area contributed by atoms with Gasteiger partial charge >= 0.3 is 5.97 Å². The van der Waals surface area contributed by atoms with E-state index in [1.807, 2.05) is 18.2 Å². The summed E-state index contributed by atoms with van der Waals surface area (Å²) >= 11 is 0. The van der Waals surface area contributed by atoms with Crippen LogP contribution in [0.4, 0.5) is 0 Å². The standard InChI is InChI=1S/C18H18N2O5/c21-15(24-10-12-5-3-4-8-23-12)9-20-11-19-16-13-6-1-2-7-14(13)25-17(16)18(20)22/h1-2,6-7,11-12H,3-5,8-10H2. The maximum absolute atomic E-state index is 12.5. The number of para-hydroxylation sites is 1. The van der Waals surface area contributed by atoms with Gasteiger partial charge < -0.3 is 13.9 Å². The fourth-order valence-electron chi connectivity index (χ4n) is 3.04. The van der Waals surface area contributed by atoms with E-state index in [0.717, 1.165) is 24.6 Å². The van der Waals surface area contributed by atoms with Gasteiger partial charge in [0.2, 0.25) is 5.58 Å². The molecule has 7 nitrogen and oxygen atoms in total. The second-order valence-corrected chi connectivity index (χ2v) is 6.13. The molecule has 7 heteroatoms. The molecule has 0 N–H and O–H groups in total. The minimum atomic E-state index is -0.492. The Labute approximate surface area is 143 Å². The number of benzene rings is 1. The Morgan fingerprint density at radius 1 is 1.32 bits per heavy atom. The number of hydrogen-bond donors (Lipinski definition) is 0. The van der Waals surface area contributed by atoms with Gasteiger partial charge in [0.25, 0.3) is 5.56 Å². The normalized spacial score (nSPS) is 17.8. The van der Waals surface area contributed by atoms with Crippen LogP contribution in [0.3, 0.4) is 0 Å². The molecular formula is C18H18N2O5. The summed E-state index contributed by atoms with van der Waals surface area (Å²) in [6.45, 7) is 0.716. The highest BCUT2D eigenvalue weighted by molar-refractivity contribution is 6.01. The van der Waals surface area contributed by atoms with Crippen LogP contribution in [-0.2, 0) is 20.8 Å². The third-order valence-electron chi connectivity index (χ3n) is 4.35. The van der Waals surface area contributed by atoms with Crippen LogP contribution in [0.5, 0.6) is 0 Å². The average Bonchev–Trinajstić information content (AvgIpc) is 3.03. The number of aromatic nitrogens is 2. The highest BCUT2D eigenvalue weighted by Gasteiger charge is 2.18. The van der Waals surface area contributed by atoms with Crippen LogP contribution in [0, 0.1) is 0 Å². The minimum Gasteiger partial charge on any atom is -0.462 e. The Morgan fingerprint density at radius 2 is 2.20 bits per heavy atom. The van der Waals surface area contributed by atoms with E-state index in [2.05, 4.69) is 4.98 Å². The number of furan rings is 1. The summed E-state index contributed by atoms with van der Waals surface area (Å²) in [5, 5.41) is 0.777. The van der Waals surface area contributed by atoms with Crippen LogP contribution in [0.2, 0.25) is 0 Å². The predicted molar refractivity (Wildman–Crippen MR) is 90.3 cm³/mol. The topological polar surface area (TPSA) is 83.6 Å². The molecule has 130 valence electrons. The lowest BCUT2D eigenvalue weighted by molar-refractivity contribution is -0.149. The summed E-state index contributed by atoms with van der Waals surface area (Å²) in [4.78, 5) is 28.8. The van der Waals surface area contributed by atoms with Gasteiger partial charge in [0.05, 0.1) is 12.4 Å². The zero-order valence-electron chi connectivity index (χ0n) is 13.6. The van der Waals surface area contributed by atoms with Gasteiger partial charge in [-0.2, -0.15) is 0 Å². The first-order chi connectivity index (χ1) is 12.2. The first-order valence-corrected chi connectivity index (χ1v) is 8.36. The van der Waals surface area contributed by atoms with Gasteiger partial charge in [0.1, 0.15) is 24.3 Å². The molecule has 0 bridgehead atoms. The number of hydrogen-bond acceptors (Lipinski definition) is 6. The molecule has 1 unspecified atom stereocenters. The molecule has 1 aliphatic heterocycles. The third-order valence-corrected chi connectivity index (χ3v) is 4.35. The minimum absolute atomic E-state index is 0.0506. The number of carbonyl (C=O) groups excluding carboxylic acids is 1. The smallest absolute Gasteiger partial charge is 0.326 e. The first-order valence-electron chi connectivity index (χ1n) is 8.36. The van der Waals surface area contributed by atoms with Crippen molar-refractivity contribution in [3.63, 3.8) is 0 Å². The quantitative estimate of drug-likeness (QED) is 0.676.